The van der Waals surface area contributed by atoms with E-state index in [2.05, 4.69) is 5.10 Å². The van der Waals surface area contributed by atoms with E-state index in [9.17, 15) is 23.9 Å². The highest BCUT2D eigenvalue weighted by molar-refractivity contribution is 5.89. The van der Waals surface area contributed by atoms with Crippen molar-refractivity contribution in [1.82, 2.24) is 19.2 Å². The third kappa shape index (κ3) is 3.61. The van der Waals surface area contributed by atoms with E-state index in [4.69, 9.17) is 0 Å². The van der Waals surface area contributed by atoms with Crippen molar-refractivity contribution in [2.75, 3.05) is 6.54 Å². The van der Waals surface area contributed by atoms with Crippen molar-refractivity contribution in [1.29, 1.82) is 0 Å². The number of amides is 1. The van der Waals surface area contributed by atoms with Gasteiger partial charge in [-0.2, -0.15) is 5.10 Å². The largest absolute Gasteiger partial charge is 0.477 e. The highest BCUT2D eigenvalue weighted by Gasteiger charge is 2.26. The Morgan fingerprint density at radius 1 is 1.27 bits per heavy atom. The summed E-state index contributed by atoms with van der Waals surface area (Å²) in [6.45, 7) is 2.20. The number of carboxylic acid groups (broad SMARTS) is 1. The molecule has 154 valence electrons. The number of hydrogen-bond donors (Lipinski definition) is 1. The maximum Gasteiger partial charge on any atom is 0.341 e. The summed E-state index contributed by atoms with van der Waals surface area (Å²) in [5, 5.41) is 13.8. The van der Waals surface area contributed by atoms with Gasteiger partial charge < -0.3 is 14.6 Å². The van der Waals surface area contributed by atoms with E-state index < -0.39 is 17.3 Å². The average molecular weight is 410 g/mol. The lowest BCUT2D eigenvalue weighted by Gasteiger charge is -2.29. The van der Waals surface area contributed by atoms with Gasteiger partial charge in [-0.25, -0.2) is 13.9 Å². The van der Waals surface area contributed by atoms with Crippen LogP contribution in [-0.4, -0.2) is 42.8 Å². The number of pyridine rings is 1. The third-order valence-corrected chi connectivity index (χ3v) is 5.19. The minimum atomic E-state index is -1.28. The predicted octanol–water partition coefficient (Wildman–Crippen LogP) is 1.82. The maximum atomic E-state index is 13.5. The second-order valence-electron chi connectivity index (χ2n) is 7.21. The van der Waals surface area contributed by atoms with Crippen LogP contribution in [0.5, 0.6) is 0 Å². The number of hydrogen-bond acceptors (Lipinski definition) is 4. The molecule has 0 spiro atoms. The molecular weight excluding hydrogens is 391 g/mol. The van der Waals surface area contributed by atoms with Crippen molar-refractivity contribution in [3.63, 3.8) is 0 Å². The molecule has 1 N–H and O–H groups in total. The van der Waals surface area contributed by atoms with Crippen LogP contribution in [0.1, 0.15) is 34.0 Å². The highest BCUT2D eigenvalue weighted by Crippen LogP contribution is 2.21. The molecule has 3 heterocycles. The predicted molar refractivity (Wildman–Crippen MR) is 105 cm³/mol. The molecule has 3 aromatic rings. The smallest absolute Gasteiger partial charge is 0.341 e. The van der Waals surface area contributed by atoms with Gasteiger partial charge in [0.1, 0.15) is 11.4 Å². The van der Waals surface area contributed by atoms with Crippen LogP contribution < -0.4 is 5.56 Å². The van der Waals surface area contributed by atoms with Crippen LogP contribution in [0, 0.1) is 5.82 Å². The molecule has 0 unspecified atom stereocenters. The van der Waals surface area contributed by atoms with E-state index in [1.165, 1.54) is 28.3 Å². The minimum Gasteiger partial charge on any atom is -0.477 e. The zero-order valence-corrected chi connectivity index (χ0v) is 16.2. The van der Waals surface area contributed by atoms with Gasteiger partial charge in [-0.1, -0.05) is 6.07 Å². The number of carbonyl (C=O) groups excluding carboxylic acids is 1. The summed E-state index contributed by atoms with van der Waals surface area (Å²) in [5.74, 6) is -1.78. The number of carboxylic acids is 1. The van der Waals surface area contributed by atoms with E-state index in [0.29, 0.717) is 35.3 Å². The summed E-state index contributed by atoms with van der Waals surface area (Å²) >= 11 is 0. The van der Waals surface area contributed by atoms with Crippen molar-refractivity contribution in [3.05, 3.63) is 81.3 Å². The van der Waals surface area contributed by atoms with E-state index in [-0.39, 0.29) is 24.6 Å². The van der Waals surface area contributed by atoms with Crippen LogP contribution in [0.15, 0.2) is 47.7 Å². The molecule has 0 saturated carbocycles. The van der Waals surface area contributed by atoms with Crippen molar-refractivity contribution >= 4 is 11.9 Å². The minimum absolute atomic E-state index is 0.0990. The Hall–Kier alpha value is -3.75. The van der Waals surface area contributed by atoms with Crippen LogP contribution in [0.3, 0.4) is 0 Å². The molecule has 8 nitrogen and oxygen atoms in total. The van der Waals surface area contributed by atoms with Gasteiger partial charge in [0.15, 0.2) is 0 Å². The van der Waals surface area contributed by atoms with Gasteiger partial charge in [0.2, 0.25) is 5.91 Å². The number of fused-ring (bicyclic) bond motifs is 1. The van der Waals surface area contributed by atoms with Crippen LogP contribution in [0.4, 0.5) is 4.39 Å². The van der Waals surface area contributed by atoms with Crippen LogP contribution in [-0.2, 0) is 24.3 Å². The van der Waals surface area contributed by atoms with E-state index >= 15 is 0 Å². The van der Waals surface area contributed by atoms with E-state index in [1.54, 1.807) is 35.6 Å². The first-order valence-corrected chi connectivity index (χ1v) is 9.37. The number of halogens is 1. The van der Waals surface area contributed by atoms with Crippen LogP contribution >= 0.6 is 0 Å². The van der Waals surface area contributed by atoms with Gasteiger partial charge >= 0.3 is 5.97 Å². The van der Waals surface area contributed by atoms with Crippen LogP contribution in [0.25, 0.3) is 5.69 Å². The van der Waals surface area contributed by atoms with E-state index in [0.717, 1.165) is 0 Å². The fourth-order valence-electron chi connectivity index (χ4n) is 3.72. The quantitative estimate of drug-likeness (QED) is 0.708. The fourth-order valence-corrected chi connectivity index (χ4v) is 3.72. The summed E-state index contributed by atoms with van der Waals surface area (Å²) in [5.41, 5.74) is 1.45. The Morgan fingerprint density at radius 2 is 2.07 bits per heavy atom. The van der Waals surface area contributed by atoms with Crippen molar-refractivity contribution in [2.45, 2.75) is 26.4 Å². The molecule has 0 aliphatic carbocycles. The van der Waals surface area contributed by atoms with Crippen molar-refractivity contribution in [2.24, 2.45) is 0 Å². The molecule has 9 heteroatoms. The van der Waals surface area contributed by atoms with Gasteiger partial charge in [0, 0.05) is 38.0 Å². The average Bonchev–Trinajstić information content (AvgIpc) is 3.16. The van der Waals surface area contributed by atoms with Gasteiger partial charge in [0.25, 0.3) is 5.56 Å². The lowest BCUT2D eigenvalue weighted by atomic mass is 9.96. The Morgan fingerprint density at radius 3 is 2.77 bits per heavy atom. The molecule has 1 aliphatic rings. The molecule has 4 rings (SSSR count). The number of carbonyl (C=O) groups is 2. The topological polar surface area (TPSA) is 97.4 Å². The molecule has 2 aromatic heterocycles. The second-order valence-corrected chi connectivity index (χ2v) is 7.21. The first-order chi connectivity index (χ1) is 14.3. The zero-order valence-electron chi connectivity index (χ0n) is 16.2. The van der Waals surface area contributed by atoms with Gasteiger partial charge in [-0.15, -0.1) is 0 Å². The SMILES string of the molecule is CC(=O)N1CCc2c(cn(Cc3cnn(-c4cccc(F)c4)c3)c(=O)c2C(=O)O)C1. The summed E-state index contributed by atoms with van der Waals surface area (Å²) in [6.07, 6.45) is 5.13. The standard InChI is InChI=1S/C21H19FN4O4/c1-13(27)24-6-5-18-15(11-24)12-25(20(28)19(18)21(29)30)9-14-8-23-26(10-14)17-4-2-3-16(22)7-17/h2-4,7-8,10,12H,5-6,9,11H2,1H3,(H,29,30). The molecule has 1 aliphatic heterocycles. The first-order valence-electron chi connectivity index (χ1n) is 9.37. The lowest BCUT2D eigenvalue weighted by molar-refractivity contribution is -0.129. The lowest BCUT2D eigenvalue weighted by Crippen LogP contribution is -2.38. The van der Waals surface area contributed by atoms with Gasteiger partial charge in [0.05, 0.1) is 18.4 Å². The Bertz CT molecular complexity index is 1210. The van der Waals surface area contributed by atoms with Crippen molar-refractivity contribution in [3.8, 4) is 5.69 Å². The summed E-state index contributed by atoms with van der Waals surface area (Å²) in [4.78, 5) is 38.0. The summed E-state index contributed by atoms with van der Waals surface area (Å²) in [7, 11) is 0. The number of rotatable bonds is 4. The summed E-state index contributed by atoms with van der Waals surface area (Å²) < 4.78 is 16.3. The molecule has 0 atom stereocenters. The Labute approximate surface area is 170 Å². The number of benzene rings is 1. The second kappa shape index (κ2) is 7.58. The van der Waals surface area contributed by atoms with Gasteiger partial charge in [-0.05, 0) is 35.7 Å². The fraction of sp³-hybridized carbons (Fsp3) is 0.238. The normalized spacial score (nSPS) is 13.2. The zero-order chi connectivity index (χ0) is 21.4. The number of aromatic nitrogens is 3. The molecule has 0 radical (unpaired) electrons. The van der Waals surface area contributed by atoms with E-state index in [1.807, 2.05) is 0 Å². The number of aromatic carboxylic acids is 1. The molecule has 30 heavy (non-hydrogen) atoms. The molecule has 0 saturated heterocycles. The Kier molecular flexibility index (Phi) is 4.94. The first kappa shape index (κ1) is 19.6. The molecule has 1 aromatic carbocycles. The molecule has 1 amide bonds. The highest BCUT2D eigenvalue weighted by atomic mass is 19.1. The molecule has 0 fully saturated rings. The third-order valence-electron chi connectivity index (χ3n) is 5.19. The number of nitrogens with zero attached hydrogens (tertiary/aromatic N) is 4. The molecular formula is C21H19FN4O4. The summed E-state index contributed by atoms with van der Waals surface area (Å²) in [6, 6.07) is 5.93. The maximum absolute atomic E-state index is 13.5. The van der Waals surface area contributed by atoms with Gasteiger partial charge in [-0.3, -0.25) is 9.59 Å². The molecule has 0 bridgehead atoms. The van der Waals surface area contributed by atoms with Crippen LogP contribution in [0.2, 0.25) is 0 Å². The Balaban J connectivity index is 1.71. The monoisotopic (exact) mass is 410 g/mol. The van der Waals surface area contributed by atoms with Crippen molar-refractivity contribution < 1.29 is 19.1 Å².